The van der Waals surface area contributed by atoms with Gasteiger partial charge in [-0.1, -0.05) is 71.8 Å². The topological polar surface area (TPSA) is 39.2 Å². The molecule has 2 heterocycles. The normalized spacial score (nSPS) is 11.8. The van der Waals surface area contributed by atoms with E-state index in [0.29, 0.717) is 21.5 Å². The number of carbonyl (C=O) groups is 1. The molecule has 0 aliphatic rings. The Morgan fingerprint density at radius 1 is 0.861 bits per heavy atom. The van der Waals surface area contributed by atoms with E-state index in [2.05, 4.69) is 30.4 Å². The first kappa shape index (κ1) is 24.3. The van der Waals surface area contributed by atoms with E-state index in [0.717, 1.165) is 43.2 Å². The number of rotatable bonds is 6. The number of benzene rings is 3. The van der Waals surface area contributed by atoms with Crippen LogP contribution in [0.25, 0.3) is 45.3 Å². The molecule has 0 unspecified atom stereocenters. The number of thiophene rings is 1. The van der Waals surface area contributed by atoms with Crippen molar-refractivity contribution in [2.24, 2.45) is 0 Å². The predicted molar refractivity (Wildman–Crippen MR) is 154 cm³/mol. The van der Waals surface area contributed by atoms with Crippen LogP contribution in [0.2, 0.25) is 10.0 Å². The van der Waals surface area contributed by atoms with Crippen LogP contribution in [0.1, 0.15) is 38.8 Å². The lowest BCUT2D eigenvalue weighted by Crippen LogP contribution is -2.01. The van der Waals surface area contributed by atoms with Gasteiger partial charge in [-0.3, -0.25) is 4.98 Å². The van der Waals surface area contributed by atoms with Crippen molar-refractivity contribution in [3.05, 3.63) is 110 Å². The fourth-order valence-electron chi connectivity index (χ4n) is 3.90. The van der Waals surface area contributed by atoms with E-state index in [1.54, 1.807) is 6.92 Å². The summed E-state index contributed by atoms with van der Waals surface area (Å²) in [7, 11) is 0. The second-order valence-electron chi connectivity index (χ2n) is 8.15. The molecule has 0 N–H and O–H groups in total. The first-order chi connectivity index (χ1) is 17.5. The van der Waals surface area contributed by atoms with Gasteiger partial charge >= 0.3 is 5.97 Å². The first-order valence-corrected chi connectivity index (χ1v) is 13.0. The van der Waals surface area contributed by atoms with Gasteiger partial charge in [0, 0.05) is 37.3 Å². The Bertz CT molecular complexity index is 1620. The molecule has 5 aromatic rings. The lowest BCUT2D eigenvalue weighted by Gasteiger charge is -2.06. The van der Waals surface area contributed by atoms with Crippen molar-refractivity contribution in [2.45, 2.75) is 6.92 Å². The van der Waals surface area contributed by atoms with Crippen molar-refractivity contribution >= 4 is 85.8 Å². The summed E-state index contributed by atoms with van der Waals surface area (Å²) in [5.74, 6) is -0.312. The highest BCUT2D eigenvalue weighted by atomic mass is 35.5. The van der Waals surface area contributed by atoms with Gasteiger partial charge in [-0.25, -0.2) is 4.79 Å². The fourth-order valence-corrected chi connectivity index (χ4v) is 5.19. The lowest BCUT2D eigenvalue weighted by molar-refractivity contribution is 0.0532. The Hall–Kier alpha value is -3.44. The van der Waals surface area contributed by atoms with Gasteiger partial charge in [-0.2, -0.15) is 0 Å². The highest BCUT2D eigenvalue weighted by Gasteiger charge is 2.15. The molecule has 0 amide bonds. The molecular formula is C30H21Cl2NO2S. The van der Waals surface area contributed by atoms with E-state index in [1.807, 2.05) is 66.9 Å². The van der Waals surface area contributed by atoms with Crippen molar-refractivity contribution in [1.82, 2.24) is 4.98 Å². The third kappa shape index (κ3) is 5.36. The molecule has 3 aromatic carbocycles. The maximum Gasteiger partial charge on any atom is 0.348 e. The van der Waals surface area contributed by atoms with Gasteiger partial charge in [0.2, 0.25) is 0 Å². The van der Waals surface area contributed by atoms with E-state index in [1.165, 1.54) is 11.3 Å². The van der Waals surface area contributed by atoms with Crippen LogP contribution in [-0.2, 0) is 4.74 Å². The highest BCUT2D eigenvalue weighted by molar-refractivity contribution is 7.21. The Morgan fingerprint density at radius 2 is 1.47 bits per heavy atom. The predicted octanol–water partition coefficient (Wildman–Crippen LogP) is 9.27. The lowest BCUT2D eigenvalue weighted by atomic mass is 10.0. The molecule has 0 spiro atoms. The Morgan fingerprint density at radius 3 is 2.11 bits per heavy atom. The molecule has 0 atom stereocenters. The minimum atomic E-state index is -0.312. The number of ether oxygens (including phenoxy) is 1. The van der Waals surface area contributed by atoms with Gasteiger partial charge in [0.25, 0.3) is 0 Å². The SMILES string of the molecule is CCOC(=O)c1cc2cnc3c(/C=C/c4ccc(Cl)cc4)cc(/C=C/c4ccc(Cl)cc4)cc3c2s1. The average molecular weight is 530 g/mol. The van der Waals surface area contributed by atoms with Crippen LogP contribution in [-0.4, -0.2) is 17.6 Å². The summed E-state index contributed by atoms with van der Waals surface area (Å²) in [5, 5.41) is 3.31. The molecule has 0 saturated heterocycles. The number of nitrogens with zero attached hydrogens (tertiary/aromatic N) is 1. The summed E-state index contributed by atoms with van der Waals surface area (Å²) in [6.45, 7) is 2.14. The molecule has 0 bridgehead atoms. The molecule has 6 heteroatoms. The number of aromatic nitrogens is 1. The van der Waals surface area contributed by atoms with E-state index >= 15 is 0 Å². The van der Waals surface area contributed by atoms with Gasteiger partial charge in [-0.15, -0.1) is 11.3 Å². The van der Waals surface area contributed by atoms with E-state index in [9.17, 15) is 4.79 Å². The van der Waals surface area contributed by atoms with Crippen LogP contribution in [0.5, 0.6) is 0 Å². The monoisotopic (exact) mass is 529 g/mol. The maximum atomic E-state index is 12.4. The molecule has 0 fully saturated rings. The van der Waals surface area contributed by atoms with E-state index in [4.69, 9.17) is 32.9 Å². The van der Waals surface area contributed by atoms with Gasteiger partial charge in [-0.05, 0) is 66.1 Å². The number of esters is 1. The van der Waals surface area contributed by atoms with Crippen molar-refractivity contribution in [3.8, 4) is 0 Å². The smallest absolute Gasteiger partial charge is 0.348 e. The molecule has 5 rings (SSSR count). The van der Waals surface area contributed by atoms with Crippen LogP contribution in [0.3, 0.4) is 0 Å². The number of carbonyl (C=O) groups excluding carboxylic acids is 1. The summed E-state index contributed by atoms with van der Waals surface area (Å²) < 4.78 is 6.22. The molecule has 0 aliphatic heterocycles. The molecule has 0 saturated carbocycles. The van der Waals surface area contributed by atoms with Crippen molar-refractivity contribution < 1.29 is 9.53 Å². The summed E-state index contributed by atoms with van der Waals surface area (Å²) >= 11 is 13.5. The first-order valence-electron chi connectivity index (χ1n) is 11.4. The minimum Gasteiger partial charge on any atom is -0.462 e. The third-order valence-corrected chi connectivity index (χ3v) is 7.31. The van der Waals surface area contributed by atoms with Crippen molar-refractivity contribution in [3.63, 3.8) is 0 Å². The number of hydrogen-bond donors (Lipinski definition) is 0. The van der Waals surface area contributed by atoms with Gasteiger partial charge < -0.3 is 4.74 Å². The Labute approximate surface area is 223 Å². The highest BCUT2D eigenvalue weighted by Crippen LogP contribution is 2.35. The summed E-state index contributed by atoms with van der Waals surface area (Å²) in [6.07, 6.45) is 10.0. The number of pyridine rings is 1. The third-order valence-electron chi connectivity index (χ3n) is 5.64. The van der Waals surface area contributed by atoms with Gasteiger partial charge in [0.1, 0.15) is 4.88 Å². The molecule has 3 nitrogen and oxygen atoms in total. The maximum absolute atomic E-state index is 12.4. The van der Waals surface area contributed by atoms with E-state index in [-0.39, 0.29) is 5.97 Å². The Kier molecular flexibility index (Phi) is 7.19. The second kappa shape index (κ2) is 10.7. The zero-order chi connectivity index (χ0) is 25.1. The van der Waals surface area contributed by atoms with Gasteiger partial charge in [0.15, 0.2) is 0 Å². The van der Waals surface area contributed by atoms with Crippen molar-refractivity contribution in [2.75, 3.05) is 6.61 Å². The Balaban J connectivity index is 1.64. The van der Waals surface area contributed by atoms with Crippen LogP contribution in [0.15, 0.2) is 72.9 Å². The largest absolute Gasteiger partial charge is 0.462 e. The number of hydrogen-bond acceptors (Lipinski definition) is 4. The van der Waals surface area contributed by atoms with Crippen LogP contribution >= 0.6 is 34.5 Å². The standard InChI is InChI=1S/C30H21Cl2NO2S/c1-2-35-30(34)27-17-23-18-33-28-22(10-5-20-8-13-25(32)14-9-20)15-21(16-26(28)29(23)36-27)4-3-19-6-11-24(31)12-7-19/h3-18H,2H2,1H3/b4-3+,10-5+. The molecule has 0 radical (unpaired) electrons. The van der Waals surface area contributed by atoms with Crippen molar-refractivity contribution in [1.29, 1.82) is 0 Å². The second-order valence-corrected chi connectivity index (χ2v) is 10.1. The average Bonchev–Trinajstić information content (AvgIpc) is 3.33. The van der Waals surface area contributed by atoms with Crippen LogP contribution < -0.4 is 0 Å². The van der Waals surface area contributed by atoms with E-state index < -0.39 is 0 Å². The molecule has 2 aromatic heterocycles. The quantitative estimate of drug-likeness (QED) is 0.162. The minimum absolute atomic E-state index is 0.312. The number of fused-ring (bicyclic) bond motifs is 3. The fraction of sp³-hybridized carbons (Fsp3) is 0.0667. The molecule has 0 aliphatic carbocycles. The number of halogens is 2. The van der Waals surface area contributed by atoms with Crippen LogP contribution in [0.4, 0.5) is 0 Å². The molecular weight excluding hydrogens is 509 g/mol. The summed E-state index contributed by atoms with van der Waals surface area (Å²) in [4.78, 5) is 17.7. The molecule has 36 heavy (non-hydrogen) atoms. The zero-order valence-electron chi connectivity index (χ0n) is 19.4. The van der Waals surface area contributed by atoms with Crippen LogP contribution in [0, 0.1) is 0 Å². The summed E-state index contributed by atoms with van der Waals surface area (Å²) in [5.41, 5.74) is 4.96. The molecule has 178 valence electrons. The zero-order valence-corrected chi connectivity index (χ0v) is 21.7. The van der Waals surface area contributed by atoms with Gasteiger partial charge in [0.05, 0.1) is 12.1 Å². The summed E-state index contributed by atoms with van der Waals surface area (Å²) in [6, 6.07) is 21.5.